The molecule has 1 saturated carbocycles. The van der Waals surface area contributed by atoms with E-state index in [1.807, 2.05) is 30.3 Å². The Bertz CT molecular complexity index is 904. The summed E-state index contributed by atoms with van der Waals surface area (Å²) in [6, 6.07) is 12.8. The van der Waals surface area contributed by atoms with E-state index in [9.17, 15) is 9.59 Å². The first-order valence-electron chi connectivity index (χ1n) is 8.21. The van der Waals surface area contributed by atoms with Crippen LogP contribution in [0.15, 0.2) is 46.9 Å². The second kappa shape index (κ2) is 6.39. The molecular formula is C19H17N3O3. The summed E-state index contributed by atoms with van der Waals surface area (Å²) in [5, 5.41) is 9.91. The average molecular weight is 335 g/mol. The van der Waals surface area contributed by atoms with Crippen molar-refractivity contribution >= 4 is 18.0 Å². The quantitative estimate of drug-likeness (QED) is 0.674. The second-order valence-electron chi connectivity index (χ2n) is 6.22. The number of hydrogen-bond donors (Lipinski definition) is 2. The maximum absolute atomic E-state index is 12.2. The van der Waals surface area contributed by atoms with Crippen LogP contribution in [0, 0.1) is 0 Å². The van der Waals surface area contributed by atoms with E-state index in [0.29, 0.717) is 29.5 Å². The van der Waals surface area contributed by atoms with E-state index in [1.54, 1.807) is 12.1 Å². The number of aldehydes is 1. The van der Waals surface area contributed by atoms with Gasteiger partial charge in [0.2, 0.25) is 5.91 Å². The van der Waals surface area contributed by atoms with Gasteiger partial charge in [-0.15, -0.1) is 0 Å². The zero-order chi connectivity index (χ0) is 17.2. The molecule has 126 valence electrons. The van der Waals surface area contributed by atoms with Crippen LogP contribution >= 0.6 is 0 Å². The summed E-state index contributed by atoms with van der Waals surface area (Å²) >= 11 is 0. The lowest BCUT2D eigenvalue weighted by Crippen LogP contribution is -2.14. The van der Waals surface area contributed by atoms with Crippen molar-refractivity contribution in [3.63, 3.8) is 0 Å². The van der Waals surface area contributed by atoms with Gasteiger partial charge in [-0.2, -0.15) is 5.10 Å². The van der Waals surface area contributed by atoms with Crippen molar-refractivity contribution < 1.29 is 14.0 Å². The molecule has 6 heteroatoms. The topological polar surface area (TPSA) is 88.0 Å². The average Bonchev–Trinajstić information content (AvgIpc) is 3.17. The summed E-state index contributed by atoms with van der Waals surface area (Å²) < 4.78 is 5.39. The lowest BCUT2D eigenvalue weighted by atomic mass is 10.1. The molecule has 2 aromatic heterocycles. The number of carbonyl (C=O) groups excluding carboxylic acids is 2. The number of carbonyl (C=O) groups is 2. The van der Waals surface area contributed by atoms with Crippen molar-refractivity contribution in [3.8, 4) is 11.3 Å². The van der Waals surface area contributed by atoms with Crippen LogP contribution in [0.5, 0.6) is 0 Å². The van der Waals surface area contributed by atoms with E-state index < -0.39 is 0 Å². The number of hydrogen-bond acceptors (Lipinski definition) is 4. The number of benzene rings is 1. The van der Waals surface area contributed by atoms with Crippen molar-refractivity contribution in [2.24, 2.45) is 0 Å². The van der Waals surface area contributed by atoms with E-state index in [4.69, 9.17) is 4.42 Å². The molecule has 0 spiro atoms. The van der Waals surface area contributed by atoms with Crippen molar-refractivity contribution in [1.29, 1.82) is 0 Å². The molecule has 0 atom stereocenters. The van der Waals surface area contributed by atoms with E-state index in [2.05, 4.69) is 15.5 Å². The highest BCUT2D eigenvalue weighted by atomic mass is 16.3. The monoisotopic (exact) mass is 335 g/mol. The summed E-state index contributed by atoms with van der Waals surface area (Å²) in [5.74, 6) is 1.96. The Hall–Kier alpha value is -3.15. The molecule has 0 radical (unpaired) electrons. The summed E-state index contributed by atoms with van der Waals surface area (Å²) in [6.45, 7) is 0. The molecule has 2 heterocycles. The van der Waals surface area contributed by atoms with E-state index in [1.165, 1.54) is 12.8 Å². The fourth-order valence-corrected chi connectivity index (χ4v) is 2.73. The van der Waals surface area contributed by atoms with Gasteiger partial charge in [0.05, 0.1) is 6.42 Å². The Kier molecular flexibility index (Phi) is 3.93. The number of nitrogens with one attached hydrogen (secondary N) is 2. The van der Waals surface area contributed by atoms with Crippen molar-refractivity contribution in [2.45, 2.75) is 25.2 Å². The predicted molar refractivity (Wildman–Crippen MR) is 92.4 cm³/mol. The molecule has 1 amide bonds. The van der Waals surface area contributed by atoms with Crippen LogP contribution in [0.1, 0.15) is 40.6 Å². The molecule has 0 saturated heterocycles. The Morgan fingerprint density at radius 2 is 2.04 bits per heavy atom. The number of furan rings is 1. The largest absolute Gasteiger partial charge is 0.453 e. The lowest BCUT2D eigenvalue weighted by Gasteiger charge is -2.03. The minimum atomic E-state index is -0.108. The molecule has 1 aliphatic rings. The highest BCUT2D eigenvalue weighted by molar-refractivity contribution is 5.91. The Balaban J connectivity index is 1.38. The van der Waals surface area contributed by atoms with Crippen LogP contribution < -0.4 is 5.32 Å². The number of anilines is 1. The minimum Gasteiger partial charge on any atom is -0.453 e. The van der Waals surface area contributed by atoms with Crippen LogP contribution in [0.3, 0.4) is 0 Å². The van der Waals surface area contributed by atoms with Crippen LogP contribution in [0.2, 0.25) is 0 Å². The van der Waals surface area contributed by atoms with Crippen molar-refractivity contribution in [1.82, 2.24) is 10.2 Å². The van der Waals surface area contributed by atoms with Crippen LogP contribution in [0.25, 0.3) is 11.3 Å². The van der Waals surface area contributed by atoms with Gasteiger partial charge >= 0.3 is 0 Å². The number of rotatable bonds is 6. The molecule has 1 aliphatic carbocycles. The van der Waals surface area contributed by atoms with E-state index >= 15 is 0 Å². The zero-order valence-corrected chi connectivity index (χ0v) is 13.5. The molecule has 1 fully saturated rings. The number of nitrogens with zero attached hydrogens (tertiary/aromatic N) is 1. The second-order valence-corrected chi connectivity index (χ2v) is 6.22. The predicted octanol–water partition coefficient (Wildman–Crippen LogP) is 3.54. The molecule has 0 unspecified atom stereocenters. The summed E-state index contributed by atoms with van der Waals surface area (Å²) in [6.07, 6.45) is 3.31. The van der Waals surface area contributed by atoms with Gasteiger partial charge in [-0.05, 0) is 30.5 Å². The molecule has 4 rings (SSSR count). The van der Waals surface area contributed by atoms with E-state index in [0.717, 1.165) is 16.8 Å². The van der Waals surface area contributed by atoms with Gasteiger partial charge in [-0.25, -0.2) is 0 Å². The molecule has 25 heavy (non-hydrogen) atoms. The fraction of sp³-hybridized carbons (Fsp3) is 0.211. The first-order chi connectivity index (χ1) is 12.2. The molecule has 2 N–H and O–H groups in total. The third-order valence-corrected chi connectivity index (χ3v) is 4.23. The van der Waals surface area contributed by atoms with Gasteiger partial charge in [0.15, 0.2) is 17.9 Å². The third-order valence-electron chi connectivity index (χ3n) is 4.23. The van der Waals surface area contributed by atoms with Gasteiger partial charge in [0, 0.05) is 23.2 Å². The van der Waals surface area contributed by atoms with Gasteiger partial charge in [0.25, 0.3) is 0 Å². The number of aromatic nitrogens is 2. The Morgan fingerprint density at radius 1 is 1.24 bits per heavy atom. The minimum absolute atomic E-state index is 0.108. The number of aromatic amines is 1. The van der Waals surface area contributed by atoms with Crippen molar-refractivity contribution in [3.05, 3.63) is 59.5 Å². The summed E-state index contributed by atoms with van der Waals surface area (Å²) in [4.78, 5) is 22.8. The van der Waals surface area contributed by atoms with Gasteiger partial charge in [0.1, 0.15) is 5.76 Å². The number of H-pyrrole nitrogens is 1. The Morgan fingerprint density at radius 3 is 2.72 bits per heavy atom. The molecule has 3 aromatic rings. The molecule has 0 bridgehead atoms. The highest BCUT2D eigenvalue weighted by Gasteiger charge is 2.25. The molecule has 6 nitrogen and oxygen atoms in total. The van der Waals surface area contributed by atoms with E-state index in [-0.39, 0.29) is 12.3 Å². The molecular weight excluding hydrogens is 318 g/mol. The first-order valence-corrected chi connectivity index (χ1v) is 8.21. The van der Waals surface area contributed by atoms with Gasteiger partial charge < -0.3 is 9.73 Å². The Labute approximate surface area is 144 Å². The maximum Gasteiger partial charge on any atom is 0.229 e. The van der Waals surface area contributed by atoms with Crippen molar-refractivity contribution in [2.75, 3.05) is 5.32 Å². The lowest BCUT2D eigenvalue weighted by molar-refractivity contribution is -0.115. The zero-order valence-electron chi connectivity index (χ0n) is 13.5. The summed E-state index contributed by atoms with van der Waals surface area (Å²) in [5.41, 5.74) is 2.84. The SMILES string of the molecule is O=Cc1ccc(-c2ccc(CC(=O)Nc3cc(C4CC4)[nH]n3)cc2)o1. The van der Waals surface area contributed by atoms with Gasteiger partial charge in [-0.1, -0.05) is 24.3 Å². The molecule has 0 aliphatic heterocycles. The van der Waals surface area contributed by atoms with Gasteiger partial charge in [-0.3, -0.25) is 14.7 Å². The molecule has 1 aromatic carbocycles. The maximum atomic E-state index is 12.2. The highest BCUT2D eigenvalue weighted by Crippen LogP contribution is 2.39. The summed E-state index contributed by atoms with van der Waals surface area (Å²) in [7, 11) is 0. The fourth-order valence-electron chi connectivity index (χ4n) is 2.73. The standard InChI is InChI=1S/C19H17N3O3/c23-11-15-7-8-17(25-15)14-3-1-12(2-4-14)9-19(24)20-18-10-16(21-22-18)13-5-6-13/h1-4,7-8,10-11,13H,5-6,9H2,(H2,20,21,22,24). The van der Waals surface area contributed by atoms with Crippen LogP contribution in [-0.4, -0.2) is 22.4 Å². The number of amides is 1. The van der Waals surface area contributed by atoms with Crippen LogP contribution in [-0.2, 0) is 11.2 Å². The normalized spacial score (nSPS) is 13.6. The first kappa shape index (κ1) is 15.4. The third kappa shape index (κ3) is 3.52. The smallest absolute Gasteiger partial charge is 0.229 e. The van der Waals surface area contributed by atoms with Crippen LogP contribution in [0.4, 0.5) is 5.82 Å².